The van der Waals surface area contributed by atoms with Gasteiger partial charge >= 0.3 is 0 Å². The Labute approximate surface area is 103 Å². The van der Waals surface area contributed by atoms with Crippen LogP contribution in [0, 0.1) is 5.82 Å². The Balaban J connectivity index is 2.30. The first kappa shape index (κ1) is 12.0. The lowest BCUT2D eigenvalue weighted by Gasteiger charge is -2.02. The molecule has 0 aromatic heterocycles. The molecule has 4 heteroatoms. The lowest BCUT2D eigenvalue weighted by molar-refractivity contribution is -0.114. The first-order chi connectivity index (χ1) is 8.58. The highest BCUT2D eigenvalue weighted by Crippen LogP contribution is 2.20. The number of rotatable bonds is 3. The molecule has 0 spiro atoms. The summed E-state index contributed by atoms with van der Waals surface area (Å²) in [5.74, 6) is -2.01. The van der Waals surface area contributed by atoms with Crippen LogP contribution in [0.3, 0.4) is 0 Å². The molecule has 0 fully saturated rings. The minimum Gasteiger partial charge on any atom is -0.363 e. The fourth-order valence-electron chi connectivity index (χ4n) is 1.60. The zero-order valence-corrected chi connectivity index (χ0v) is 9.39. The van der Waals surface area contributed by atoms with Gasteiger partial charge in [0.15, 0.2) is 0 Å². The molecule has 0 aliphatic rings. The van der Waals surface area contributed by atoms with Crippen molar-refractivity contribution in [3.8, 4) is 11.1 Å². The number of amides is 1. The Bertz CT molecular complexity index is 588. The monoisotopic (exact) mass is 243 g/mol. The van der Waals surface area contributed by atoms with Gasteiger partial charge in [0.25, 0.3) is 5.91 Å². The Morgan fingerprint density at radius 1 is 0.833 bits per heavy atom. The number of nitrogens with two attached hydrogens (primary N) is 1. The first-order valence-electron chi connectivity index (χ1n) is 5.28. The fraction of sp³-hybridized carbons (Fsp3) is 0. The van der Waals surface area contributed by atoms with Crippen LogP contribution in [0.4, 0.5) is 4.39 Å². The predicted octanol–water partition coefficient (Wildman–Crippen LogP) is 2.16. The maximum Gasteiger partial charge on any atom is 0.289 e. The second-order valence-electron chi connectivity index (χ2n) is 3.78. The highest BCUT2D eigenvalue weighted by Gasteiger charge is 2.11. The predicted molar refractivity (Wildman–Crippen MR) is 65.4 cm³/mol. The summed E-state index contributed by atoms with van der Waals surface area (Å²) in [7, 11) is 0. The second kappa shape index (κ2) is 4.79. The van der Waals surface area contributed by atoms with Crippen LogP contribution < -0.4 is 5.73 Å². The number of halogens is 1. The molecule has 2 rings (SSSR count). The molecular weight excluding hydrogens is 233 g/mol. The van der Waals surface area contributed by atoms with Crippen LogP contribution in [-0.4, -0.2) is 11.7 Å². The maximum atomic E-state index is 12.8. The normalized spacial score (nSPS) is 10.1. The number of carbonyl (C=O) groups is 2. The molecule has 0 aliphatic carbocycles. The van der Waals surface area contributed by atoms with Crippen LogP contribution in [0.25, 0.3) is 11.1 Å². The minimum absolute atomic E-state index is 0.244. The smallest absolute Gasteiger partial charge is 0.289 e. The number of ketones is 1. The summed E-state index contributed by atoms with van der Waals surface area (Å²) in [5, 5.41) is 0. The zero-order chi connectivity index (χ0) is 13.1. The summed E-state index contributed by atoms with van der Waals surface area (Å²) in [6.07, 6.45) is 0. The average molecular weight is 243 g/mol. The number of hydrogen-bond donors (Lipinski definition) is 1. The number of Topliss-reactive ketones (excluding diaryl/α,β-unsaturated/α-hetero) is 1. The molecule has 2 aromatic carbocycles. The molecule has 0 bridgehead atoms. The van der Waals surface area contributed by atoms with Crippen molar-refractivity contribution in [2.45, 2.75) is 0 Å². The molecule has 0 aliphatic heterocycles. The van der Waals surface area contributed by atoms with E-state index in [0.717, 1.165) is 11.1 Å². The van der Waals surface area contributed by atoms with E-state index in [2.05, 4.69) is 0 Å². The van der Waals surface area contributed by atoms with E-state index >= 15 is 0 Å². The van der Waals surface area contributed by atoms with Crippen LogP contribution >= 0.6 is 0 Å². The largest absolute Gasteiger partial charge is 0.363 e. The van der Waals surface area contributed by atoms with Gasteiger partial charge in [-0.2, -0.15) is 0 Å². The molecule has 2 N–H and O–H groups in total. The third-order valence-electron chi connectivity index (χ3n) is 2.55. The van der Waals surface area contributed by atoms with Gasteiger partial charge in [-0.15, -0.1) is 0 Å². The molecule has 0 heterocycles. The van der Waals surface area contributed by atoms with Crippen molar-refractivity contribution >= 4 is 11.7 Å². The van der Waals surface area contributed by atoms with E-state index in [1.165, 1.54) is 24.3 Å². The number of benzene rings is 2. The molecule has 0 saturated carbocycles. The van der Waals surface area contributed by atoms with Gasteiger partial charge in [0.2, 0.25) is 5.78 Å². The Morgan fingerprint density at radius 3 is 1.72 bits per heavy atom. The summed E-state index contributed by atoms with van der Waals surface area (Å²) in [4.78, 5) is 22.0. The molecule has 90 valence electrons. The van der Waals surface area contributed by atoms with Crippen molar-refractivity contribution in [1.29, 1.82) is 0 Å². The van der Waals surface area contributed by atoms with Crippen molar-refractivity contribution in [2.24, 2.45) is 5.73 Å². The van der Waals surface area contributed by atoms with Crippen LogP contribution in [-0.2, 0) is 4.79 Å². The van der Waals surface area contributed by atoms with Gasteiger partial charge in [-0.3, -0.25) is 9.59 Å². The van der Waals surface area contributed by atoms with E-state index < -0.39 is 11.7 Å². The van der Waals surface area contributed by atoms with Crippen molar-refractivity contribution in [1.82, 2.24) is 0 Å². The molecule has 0 radical (unpaired) electrons. The van der Waals surface area contributed by atoms with Gasteiger partial charge in [0.1, 0.15) is 5.82 Å². The van der Waals surface area contributed by atoms with Crippen molar-refractivity contribution < 1.29 is 14.0 Å². The van der Waals surface area contributed by atoms with Crippen molar-refractivity contribution in [3.05, 3.63) is 59.9 Å². The molecule has 0 unspecified atom stereocenters. The van der Waals surface area contributed by atoms with E-state index in [1.807, 2.05) is 0 Å². The Morgan fingerprint density at radius 2 is 1.28 bits per heavy atom. The Kier molecular flexibility index (Phi) is 3.19. The maximum absolute atomic E-state index is 12.8. The summed E-state index contributed by atoms with van der Waals surface area (Å²) >= 11 is 0. The van der Waals surface area contributed by atoms with E-state index in [-0.39, 0.29) is 11.4 Å². The zero-order valence-electron chi connectivity index (χ0n) is 9.39. The highest BCUT2D eigenvalue weighted by atomic mass is 19.1. The van der Waals surface area contributed by atoms with Crippen LogP contribution in [0.5, 0.6) is 0 Å². The molecule has 2 aromatic rings. The van der Waals surface area contributed by atoms with Gasteiger partial charge in [-0.05, 0) is 23.3 Å². The fourth-order valence-corrected chi connectivity index (χ4v) is 1.60. The number of carbonyl (C=O) groups excluding carboxylic acids is 2. The molecule has 18 heavy (non-hydrogen) atoms. The molecule has 0 atom stereocenters. The van der Waals surface area contributed by atoms with Crippen molar-refractivity contribution in [3.63, 3.8) is 0 Å². The van der Waals surface area contributed by atoms with E-state index in [0.29, 0.717) is 0 Å². The summed E-state index contributed by atoms with van der Waals surface area (Å²) in [5.41, 5.74) is 6.81. The van der Waals surface area contributed by atoms with Gasteiger partial charge in [0.05, 0.1) is 0 Å². The lowest BCUT2D eigenvalue weighted by Crippen LogP contribution is -2.22. The van der Waals surface area contributed by atoms with Gasteiger partial charge in [0, 0.05) is 5.56 Å². The second-order valence-corrected chi connectivity index (χ2v) is 3.78. The van der Waals surface area contributed by atoms with E-state index in [1.54, 1.807) is 24.3 Å². The summed E-state index contributed by atoms with van der Waals surface area (Å²) < 4.78 is 12.8. The number of hydrogen-bond acceptors (Lipinski definition) is 2. The summed E-state index contributed by atoms with van der Waals surface area (Å²) in [6.45, 7) is 0. The van der Waals surface area contributed by atoms with Crippen LogP contribution in [0.1, 0.15) is 10.4 Å². The van der Waals surface area contributed by atoms with Gasteiger partial charge in [-0.25, -0.2) is 4.39 Å². The topological polar surface area (TPSA) is 60.2 Å². The third kappa shape index (κ3) is 2.43. The summed E-state index contributed by atoms with van der Waals surface area (Å²) in [6, 6.07) is 12.4. The molecule has 3 nitrogen and oxygen atoms in total. The first-order valence-corrected chi connectivity index (χ1v) is 5.28. The third-order valence-corrected chi connectivity index (χ3v) is 2.55. The van der Waals surface area contributed by atoms with E-state index in [9.17, 15) is 14.0 Å². The van der Waals surface area contributed by atoms with Crippen LogP contribution in [0.15, 0.2) is 48.5 Å². The molecule has 0 saturated heterocycles. The SMILES string of the molecule is NC(=O)C(=O)c1ccc(-c2ccc(F)cc2)cc1. The molecule has 1 amide bonds. The van der Waals surface area contributed by atoms with Gasteiger partial charge in [-0.1, -0.05) is 36.4 Å². The minimum atomic E-state index is -0.982. The van der Waals surface area contributed by atoms with E-state index in [4.69, 9.17) is 5.73 Å². The lowest BCUT2D eigenvalue weighted by atomic mass is 10.0. The Hall–Kier alpha value is -2.49. The van der Waals surface area contributed by atoms with Crippen LogP contribution in [0.2, 0.25) is 0 Å². The standard InChI is InChI=1S/C14H10FNO2/c15-12-7-5-10(6-8-12)9-1-3-11(4-2-9)13(17)14(16)18/h1-8H,(H2,16,18). The quantitative estimate of drug-likeness (QED) is 0.663. The van der Waals surface area contributed by atoms with Gasteiger partial charge < -0.3 is 5.73 Å². The average Bonchev–Trinajstić information content (AvgIpc) is 2.39. The highest BCUT2D eigenvalue weighted by molar-refractivity contribution is 6.42. The number of primary amides is 1. The molecular formula is C14H10FNO2. The van der Waals surface area contributed by atoms with Crippen molar-refractivity contribution in [2.75, 3.05) is 0 Å².